The van der Waals surface area contributed by atoms with E-state index < -0.39 is 5.97 Å². The lowest BCUT2D eigenvalue weighted by Crippen LogP contribution is -2.04. The van der Waals surface area contributed by atoms with Crippen LogP contribution in [0.25, 0.3) is 0 Å². The lowest BCUT2D eigenvalue weighted by molar-refractivity contribution is 0.0600. The standard InChI is InChI=1S/C9H11NO3/c1-13-9(12)6-2-3-8(11)7(4-6)5-10/h2-4,11H,5,10H2,1H3. The summed E-state index contributed by atoms with van der Waals surface area (Å²) >= 11 is 0. The van der Waals surface area contributed by atoms with Crippen LogP contribution < -0.4 is 5.73 Å². The summed E-state index contributed by atoms with van der Waals surface area (Å²) in [6, 6.07) is 4.43. The van der Waals surface area contributed by atoms with E-state index in [2.05, 4.69) is 4.74 Å². The van der Waals surface area contributed by atoms with Crippen LogP contribution in [0.4, 0.5) is 0 Å². The van der Waals surface area contributed by atoms with Gasteiger partial charge in [0, 0.05) is 12.1 Å². The molecule has 0 aliphatic rings. The molecule has 0 atom stereocenters. The van der Waals surface area contributed by atoms with Gasteiger partial charge < -0.3 is 15.6 Å². The van der Waals surface area contributed by atoms with E-state index >= 15 is 0 Å². The summed E-state index contributed by atoms with van der Waals surface area (Å²) in [5.74, 6) is -0.343. The number of esters is 1. The maximum atomic E-state index is 11.0. The molecular formula is C9H11NO3. The number of carbonyl (C=O) groups is 1. The van der Waals surface area contributed by atoms with Crippen molar-refractivity contribution in [2.75, 3.05) is 7.11 Å². The van der Waals surface area contributed by atoms with Gasteiger partial charge in [-0.1, -0.05) is 0 Å². The molecule has 4 heteroatoms. The maximum Gasteiger partial charge on any atom is 0.337 e. The Morgan fingerprint density at radius 1 is 1.62 bits per heavy atom. The Kier molecular flexibility index (Phi) is 2.87. The molecule has 1 rings (SSSR count). The minimum Gasteiger partial charge on any atom is -0.508 e. The van der Waals surface area contributed by atoms with E-state index in [1.165, 1.54) is 25.3 Å². The number of hydrogen-bond acceptors (Lipinski definition) is 4. The molecule has 1 aromatic rings. The molecule has 0 unspecified atom stereocenters. The van der Waals surface area contributed by atoms with Gasteiger partial charge in [0.15, 0.2) is 0 Å². The van der Waals surface area contributed by atoms with Crippen LogP contribution in [-0.2, 0) is 11.3 Å². The topological polar surface area (TPSA) is 72.5 Å². The molecule has 0 aliphatic heterocycles. The van der Waals surface area contributed by atoms with Gasteiger partial charge in [-0.3, -0.25) is 0 Å². The lowest BCUT2D eigenvalue weighted by Gasteiger charge is -2.03. The van der Waals surface area contributed by atoms with Crippen molar-refractivity contribution in [1.82, 2.24) is 0 Å². The van der Waals surface area contributed by atoms with Gasteiger partial charge in [0.05, 0.1) is 12.7 Å². The summed E-state index contributed by atoms with van der Waals surface area (Å²) in [5.41, 5.74) is 6.27. The fourth-order valence-electron chi connectivity index (χ4n) is 0.994. The zero-order chi connectivity index (χ0) is 9.84. The number of phenols is 1. The molecular weight excluding hydrogens is 170 g/mol. The smallest absolute Gasteiger partial charge is 0.337 e. The summed E-state index contributed by atoms with van der Waals surface area (Å²) in [6.45, 7) is 0.191. The van der Waals surface area contributed by atoms with E-state index in [-0.39, 0.29) is 12.3 Å². The summed E-state index contributed by atoms with van der Waals surface area (Å²) < 4.78 is 4.51. The van der Waals surface area contributed by atoms with Crippen molar-refractivity contribution in [3.63, 3.8) is 0 Å². The Labute approximate surface area is 75.9 Å². The number of nitrogens with two attached hydrogens (primary N) is 1. The minimum atomic E-state index is -0.435. The van der Waals surface area contributed by atoms with E-state index in [1.807, 2.05) is 0 Å². The summed E-state index contributed by atoms with van der Waals surface area (Å²) in [6.07, 6.45) is 0. The normalized spacial score (nSPS) is 9.69. The molecule has 0 saturated carbocycles. The summed E-state index contributed by atoms with van der Waals surface area (Å²) in [7, 11) is 1.30. The number of benzene rings is 1. The molecule has 4 nitrogen and oxygen atoms in total. The van der Waals surface area contributed by atoms with Crippen LogP contribution in [-0.4, -0.2) is 18.2 Å². The van der Waals surface area contributed by atoms with Gasteiger partial charge in [0.1, 0.15) is 5.75 Å². The highest BCUT2D eigenvalue weighted by atomic mass is 16.5. The molecule has 0 saturated heterocycles. The zero-order valence-corrected chi connectivity index (χ0v) is 7.28. The van der Waals surface area contributed by atoms with Crippen molar-refractivity contribution in [1.29, 1.82) is 0 Å². The number of ether oxygens (including phenoxy) is 1. The highest BCUT2D eigenvalue weighted by Crippen LogP contribution is 2.17. The molecule has 13 heavy (non-hydrogen) atoms. The third-order valence-corrected chi connectivity index (χ3v) is 1.72. The van der Waals surface area contributed by atoms with Crippen LogP contribution in [0, 0.1) is 0 Å². The van der Waals surface area contributed by atoms with Crippen molar-refractivity contribution in [2.24, 2.45) is 5.73 Å². The molecule has 0 amide bonds. The first-order chi connectivity index (χ1) is 6.19. The van der Waals surface area contributed by atoms with E-state index in [4.69, 9.17) is 5.73 Å². The van der Waals surface area contributed by atoms with E-state index in [0.717, 1.165) is 0 Å². The Bertz CT molecular complexity index is 323. The van der Waals surface area contributed by atoms with Gasteiger partial charge >= 0.3 is 5.97 Å². The second kappa shape index (κ2) is 3.91. The number of hydrogen-bond donors (Lipinski definition) is 2. The molecule has 0 heterocycles. The molecule has 0 radical (unpaired) electrons. The first-order valence-electron chi connectivity index (χ1n) is 3.79. The molecule has 0 spiro atoms. The van der Waals surface area contributed by atoms with Crippen molar-refractivity contribution in [3.8, 4) is 5.75 Å². The Balaban J connectivity index is 3.06. The highest BCUT2D eigenvalue weighted by molar-refractivity contribution is 5.89. The third kappa shape index (κ3) is 1.97. The molecule has 0 bridgehead atoms. The maximum absolute atomic E-state index is 11.0. The SMILES string of the molecule is COC(=O)c1ccc(O)c(CN)c1. The molecule has 3 N–H and O–H groups in total. The fraction of sp³-hybridized carbons (Fsp3) is 0.222. The van der Waals surface area contributed by atoms with Crippen LogP contribution in [0.1, 0.15) is 15.9 Å². The van der Waals surface area contributed by atoms with Crippen molar-refractivity contribution < 1.29 is 14.6 Å². The molecule has 70 valence electrons. The molecule has 0 fully saturated rings. The van der Waals surface area contributed by atoms with Crippen molar-refractivity contribution >= 4 is 5.97 Å². The number of aromatic hydroxyl groups is 1. The van der Waals surface area contributed by atoms with E-state index in [1.54, 1.807) is 0 Å². The number of carbonyl (C=O) groups excluding carboxylic acids is 1. The molecule has 0 aromatic heterocycles. The van der Waals surface area contributed by atoms with Gasteiger partial charge in [-0.15, -0.1) is 0 Å². The van der Waals surface area contributed by atoms with Gasteiger partial charge in [0.25, 0.3) is 0 Å². The van der Waals surface area contributed by atoms with Crippen LogP contribution in [0.3, 0.4) is 0 Å². The van der Waals surface area contributed by atoms with E-state index in [9.17, 15) is 9.90 Å². The fourth-order valence-corrected chi connectivity index (χ4v) is 0.994. The summed E-state index contributed by atoms with van der Waals surface area (Å²) in [5, 5.41) is 9.26. The first-order valence-corrected chi connectivity index (χ1v) is 3.79. The summed E-state index contributed by atoms with van der Waals surface area (Å²) in [4.78, 5) is 11.0. The van der Waals surface area contributed by atoms with Crippen LogP contribution >= 0.6 is 0 Å². The Morgan fingerprint density at radius 3 is 2.85 bits per heavy atom. The van der Waals surface area contributed by atoms with Gasteiger partial charge in [-0.2, -0.15) is 0 Å². The average molecular weight is 181 g/mol. The average Bonchev–Trinajstić information content (AvgIpc) is 2.17. The minimum absolute atomic E-state index is 0.0927. The highest BCUT2D eigenvalue weighted by Gasteiger charge is 2.07. The monoisotopic (exact) mass is 181 g/mol. The van der Waals surface area contributed by atoms with Gasteiger partial charge in [-0.05, 0) is 18.2 Å². The second-order valence-electron chi connectivity index (χ2n) is 2.54. The van der Waals surface area contributed by atoms with Gasteiger partial charge in [0.2, 0.25) is 0 Å². The predicted molar refractivity (Wildman–Crippen MR) is 47.3 cm³/mol. The van der Waals surface area contributed by atoms with Crippen molar-refractivity contribution in [2.45, 2.75) is 6.54 Å². The Hall–Kier alpha value is -1.55. The third-order valence-electron chi connectivity index (χ3n) is 1.72. The van der Waals surface area contributed by atoms with Crippen LogP contribution in [0.2, 0.25) is 0 Å². The zero-order valence-electron chi connectivity index (χ0n) is 7.28. The lowest BCUT2D eigenvalue weighted by atomic mass is 10.1. The Morgan fingerprint density at radius 2 is 2.31 bits per heavy atom. The largest absolute Gasteiger partial charge is 0.508 e. The predicted octanol–water partition coefficient (Wildman–Crippen LogP) is 0.638. The van der Waals surface area contributed by atoms with Crippen LogP contribution in [0.5, 0.6) is 5.75 Å². The number of methoxy groups -OCH3 is 1. The van der Waals surface area contributed by atoms with E-state index in [0.29, 0.717) is 11.1 Å². The number of phenolic OH excluding ortho intramolecular Hbond substituents is 1. The quantitative estimate of drug-likeness (QED) is 0.656. The first kappa shape index (κ1) is 9.54. The van der Waals surface area contributed by atoms with Gasteiger partial charge in [-0.25, -0.2) is 4.79 Å². The second-order valence-corrected chi connectivity index (χ2v) is 2.54. The number of rotatable bonds is 2. The van der Waals surface area contributed by atoms with Crippen molar-refractivity contribution in [3.05, 3.63) is 29.3 Å². The van der Waals surface area contributed by atoms with Crippen LogP contribution in [0.15, 0.2) is 18.2 Å². The molecule has 0 aliphatic carbocycles. The molecule has 1 aromatic carbocycles.